The van der Waals surface area contributed by atoms with Crippen LogP contribution in [0.4, 0.5) is 0 Å². The highest BCUT2D eigenvalue weighted by atomic mass is 32.2. The molecule has 1 aliphatic heterocycles. The van der Waals surface area contributed by atoms with Crippen molar-refractivity contribution in [3.05, 3.63) is 29.8 Å². The molecule has 1 aliphatic rings. The molecule has 0 saturated carbocycles. The number of ether oxygens (including phenoxy) is 1. The van der Waals surface area contributed by atoms with Gasteiger partial charge in [-0.1, -0.05) is 45.9 Å². The summed E-state index contributed by atoms with van der Waals surface area (Å²) in [5.74, 6) is 0.794. The second kappa shape index (κ2) is 7.77. The lowest BCUT2D eigenvalue weighted by atomic mass is 9.86. The van der Waals surface area contributed by atoms with E-state index in [9.17, 15) is 13.2 Å². The third kappa shape index (κ3) is 5.21. The molecular formula is C19H29NO4S. The molecule has 6 heteroatoms. The van der Waals surface area contributed by atoms with Crippen LogP contribution in [0, 0.1) is 0 Å². The Kier molecular flexibility index (Phi) is 6.14. The van der Waals surface area contributed by atoms with Crippen molar-refractivity contribution in [2.75, 3.05) is 24.7 Å². The van der Waals surface area contributed by atoms with Crippen molar-refractivity contribution in [2.24, 2.45) is 0 Å². The summed E-state index contributed by atoms with van der Waals surface area (Å²) < 4.78 is 29.3. The molecule has 1 fully saturated rings. The number of carbonyl (C=O) groups excluding carboxylic acids is 1. The van der Waals surface area contributed by atoms with Gasteiger partial charge in [-0.3, -0.25) is 4.79 Å². The summed E-state index contributed by atoms with van der Waals surface area (Å²) in [7, 11) is -3.02. The van der Waals surface area contributed by atoms with Gasteiger partial charge < -0.3 is 9.64 Å². The number of para-hydroxylation sites is 1. The number of rotatable bonds is 6. The van der Waals surface area contributed by atoms with Crippen LogP contribution in [0.3, 0.4) is 0 Å². The van der Waals surface area contributed by atoms with Gasteiger partial charge in [0.2, 0.25) is 0 Å². The minimum absolute atomic E-state index is 0.0658. The zero-order valence-corrected chi connectivity index (χ0v) is 16.4. The zero-order chi connectivity index (χ0) is 18.7. The highest BCUT2D eigenvalue weighted by Crippen LogP contribution is 2.31. The lowest BCUT2D eigenvalue weighted by molar-refractivity contribution is -0.135. The summed E-state index contributed by atoms with van der Waals surface area (Å²) in [6.45, 7) is 8.78. The number of benzene rings is 1. The first-order valence-corrected chi connectivity index (χ1v) is 10.7. The van der Waals surface area contributed by atoms with Gasteiger partial charge in [-0.25, -0.2) is 8.42 Å². The highest BCUT2D eigenvalue weighted by molar-refractivity contribution is 7.91. The van der Waals surface area contributed by atoms with Gasteiger partial charge in [-0.05, 0) is 29.9 Å². The van der Waals surface area contributed by atoms with Crippen molar-refractivity contribution in [1.29, 1.82) is 0 Å². The molecule has 1 atom stereocenters. The van der Waals surface area contributed by atoms with E-state index >= 15 is 0 Å². The summed E-state index contributed by atoms with van der Waals surface area (Å²) >= 11 is 0. The molecule has 1 heterocycles. The molecule has 0 spiro atoms. The quantitative estimate of drug-likeness (QED) is 0.776. The molecule has 1 saturated heterocycles. The molecule has 0 bridgehead atoms. The van der Waals surface area contributed by atoms with Crippen molar-refractivity contribution < 1.29 is 17.9 Å². The fourth-order valence-corrected chi connectivity index (χ4v) is 4.94. The normalized spacial score (nSPS) is 19.6. The molecule has 0 aliphatic carbocycles. The number of sulfone groups is 1. The van der Waals surface area contributed by atoms with E-state index in [1.54, 1.807) is 4.90 Å². The van der Waals surface area contributed by atoms with Gasteiger partial charge >= 0.3 is 0 Å². The second-order valence-electron chi connectivity index (χ2n) is 7.68. The van der Waals surface area contributed by atoms with Crippen molar-refractivity contribution in [3.63, 3.8) is 0 Å². The zero-order valence-electron chi connectivity index (χ0n) is 15.6. The Balaban J connectivity index is 2.08. The first kappa shape index (κ1) is 19.8. The maximum atomic E-state index is 12.7. The van der Waals surface area contributed by atoms with Gasteiger partial charge in [0.05, 0.1) is 11.5 Å². The Morgan fingerprint density at radius 1 is 1.28 bits per heavy atom. The Morgan fingerprint density at radius 3 is 2.52 bits per heavy atom. The molecule has 0 aromatic heterocycles. The van der Waals surface area contributed by atoms with Crippen molar-refractivity contribution in [1.82, 2.24) is 4.90 Å². The lowest BCUT2D eigenvalue weighted by Gasteiger charge is -2.28. The Hall–Kier alpha value is -1.56. The maximum Gasteiger partial charge on any atom is 0.260 e. The van der Waals surface area contributed by atoms with Crippen molar-refractivity contribution in [3.8, 4) is 5.75 Å². The monoisotopic (exact) mass is 367 g/mol. The number of amides is 1. The van der Waals surface area contributed by atoms with E-state index in [1.807, 2.05) is 31.2 Å². The van der Waals surface area contributed by atoms with Crippen LogP contribution in [0.1, 0.15) is 46.1 Å². The predicted molar refractivity (Wildman–Crippen MR) is 99.7 cm³/mol. The molecular weight excluding hydrogens is 338 g/mol. The summed E-state index contributed by atoms with van der Waals surface area (Å²) in [5.41, 5.74) is 0.968. The van der Waals surface area contributed by atoms with Crippen LogP contribution in [0.2, 0.25) is 0 Å². The fourth-order valence-electron chi connectivity index (χ4n) is 3.21. The topological polar surface area (TPSA) is 63.7 Å². The van der Waals surface area contributed by atoms with Crippen LogP contribution in [0.5, 0.6) is 5.75 Å². The Morgan fingerprint density at radius 2 is 1.96 bits per heavy atom. The average Bonchev–Trinajstić information content (AvgIpc) is 2.89. The van der Waals surface area contributed by atoms with E-state index in [0.717, 1.165) is 12.0 Å². The summed E-state index contributed by atoms with van der Waals surface area (Å²) in [6, 6.07) is 7.51. The van der Waals surface area contributed by atoms with Crippen LogP contribution in [-0.4, -0.2) is 49.9 Å². The van der Waals surface area contributed by atoms with E-state index in [4.69, 9.17) is 4.74 Å². The molecule has 0 N–H and O–H groups in total. The molecule has 140 valence electrons. The van der Waals surface area contributed by atoms with Crippen LogP contribution < -0.4 is 4.74 Å². The van der Waals surface area contributed by atoms with Gasteiger partial charge in [0.1, 0.15) is 5.75 Å². The number of carbonyl (C=O) groups is 1. The van der Waals surface area contributed by atoms with E-state index in [2.05, 4.69) is 20.8 Å². The van der Waals surface area contributed by atoms with Gasteiger partial charge in [0.15, 0.2) is 16.4 Å². The second-order valence-corrected chi connectivity index (χ2v) is 9.91. The van der Waals surface area contributed by atoms with Crippen LogP contribution >= 0.6 is 0 Å². The molecule has 0 radical (unpaired) electrons. The Labute approximate surface area is 151 Å². The smallest absolute Gasteiger partial charge is 0.260 e. The predicted octanol–water partition coefficient (Wildman–Crippen LogP) is 2.79. The first-order chi connectivity index (χ1) is 11.6. The number of hydrogen-bond donors (Lipinski definition) is 0. The summed E-state index contributed by atoms with van der Waals surface area (Å²) in [4.78, 5) is 14.4. The minimum atomic E-state index is -3.02. The molecule has 25 heavy (non-hydrogen) atoms. The summed E-state index contributed by atoms with van der Waals surface area (Å²) in [6.07, 6.45) is 1.31. The highest BCUT2D eigenvalue weighted by Gasteiger charge is 2.34. The largest absolute Gasteiger partial charge is 0.483 e. The third-order valence-corrected chi connectivity index (χ3v) is 6.23. The number of nitrogens with zero attached hydrogens (tertiary/aromatic N) is 1. The number of hydrogen-bond acceptors (Lipinski definition) is 4. The molecule has 1 aromatic carbocycles. The van der Waals surface area contributed by atoms with Crippen LogP contribution in [0.15, 0.2) is 24.3 Å². The van der Waals surface area contributed by atoms with E-state index in [0.29, 0.717) is 18.7 Å². The van der Waals surface area contributed by atoms with Gasteiger partial charge in [-0.15, -0.1) is 0 Å². The van der Waals surface area contributed by atoms with Gasteiger partial charge in [0.25, 0.3) is 5.91 Å². The van der Waals surface area contributed by atoms with Crippen LogP contribution in [-0.2, 0) is 20.0 Å². The first-order valence-electron chi connectivity index (χ1n) is 8.86. The van der Waals surface area contributed by atoms with Crippen molar-refractivity contribution in [2.45, 2.75) is 52.0 Å². The molecule has 1 aromatic rings. The molecule has 1 unspecified atom stereocenters. The molecule has 1 amide bonds. The third-order valence-electron chi connectivity index (χ3n) is 4.48. The van der Waals surface area contributed by atoms with E-state index < -0.39 is 9.84 Å². The SMILES string of the molecule is CCCN(C(=O)COc1ccccc1C(C)(C)C)C1CCS(=O)(=O)C1. The van der Waals surface area contributed by atoms with Crippen molar-refractivity contribution >= 4 is 15.7 Å². The minimum Gasteiger partial charge on any atom is -0.483 e. The average molecular weight is 368 g/mol. The molecule has 2 rings (SSSR count). The standard InChI is InChI=1S/C19H29NO4S/c1-5-11-20(15-10-12-25(22,23)14-15)18(21)13-24-17-9-7-6-8-16(17)19(2,3)4/h6-9,15H,5,10-14H2,1-4H3. The van der Waals surface area contributed by atoms with Gasteiger partial charge in [-0.2, -0.15) is 0 Å². The molecule has 5 nitrogen and oxygen atoms in total. The summed E-state index contributed by atoms with van der Waals surface area (Å²) in [5, 5.41) is 0. The van der Waals surface area contributed by atoms with Gasteiger partial charge in [0, 0.05) is 12.6 Å². The maximum absolute atomic E-state index is 12.7. The van der Waals surface area contributed by atoms with Crippen LogP contribution in [0.25, 0.3) is 0 Å². The van der Waals surface area contributed by atoms with E-state index in [1.165, 1.54) is 0 Å². The lowest BCUT2D eigenvalue weighted by Crippen LogP contribution is -2.44. The fraction of sp³-hybridized carbons (Fsp3) is 0.632. The van der Waals surface area contributed by atoms with E-state index in [-0.39, 0.29) is 35.5 Å². The Bertz CT molecular complexity index is 706.